The highest BCUT2D eigenvalue weighted by Gasteiger charge is 2.25. The van der Waals surface area contributed by atoms with Gasteiger partial charge in [-0.2, -0.15) is 10.1 Å². The van der Waals surface area contributed by atoms with Crippen LogP contribution in [0.5, 0.6) is 5.75 Å². The van der Waals surface area contributed by atoms with Gasteiger partial charge in [-0.25, -0.2) is 4.98 Å². The Morgan fingerprint density at radius 1 is 1.14 bits per heavy atom. The summed E-state index contributed by atoms with van der Waals surface area (Å²) in [6.45, 7) is 10.3. The van der Waals surface area contributed by atoms with Crippen molar-refractivity contribution in [1.29, 1.82) is 0 Å². The molecule has 35 heavy (non-hydrogen) atoms. The molecule has 0 aromatic carbocycles. The van der Waals surface area contributed by atoms with Crippen molar-refractivity contribution >= 4 is 22.8 Å². The lowest BCUT2D eigenvalue weighted by atomic mass is 9.89. The van der Waals surface area contributed by atoms with Crippen molar-refractivity contribution < 1.29 is 4.74 Å². The van der Waals surface area contributed by atoms with Crippen molar-refractivity contribution in [1.82, 2.24) is 29.6 Å². The predicted octanol–water partition coefficient (Wildman–Crippen LogP) is 4.44. The molecule has 190 valence electrons. The van der Waals surface area contributed by atoms with Gasteiger partial charge >= 0.3 is 0 Å². The first-order chi connectivity index (χ1) is 17.1. The van der Waals surface area contributed by atoms with Crippen molar-refractivity contribution in [2.24, 2.45) is 0 Å². The van der Waals surface area contributed by atoms with E-state index in [1.807, 2.05) is 10.9 Å². The number of methoxy groups -OCH3 is 1. The normalized spacial score (nSPS) is 15.2. The van der Waals surface area contributed by atoms with Crippen molar-refractivity contribution in [2.75, 3.05) is 37.8 Å². The van der Waals surface area contributed by atoms with Gasteiger partial charge in [-0.05, 0) is 62.7 Å². The minimum Gasteiger partial charge on any atom is -0.495 e. The van der Waals surface area contributed by atoms with Crippen LogP contribution in [-0.2, 0) is 6.54 Å². The summed E-state index contributed by atoms with van der Waals surface area (Å²) in [6, 6.07) is 2.87. The minimum absolute atomic E-state index is 0.242. The summed E-state index contributed by atoms with van der Waals surface area (Å²) in [4.78, 5) is 16.3. The molecule has 3 N–H and O–H groups in total. The molecule has 0 atom stereocenters. The van der Waals surface area contributed by atoms with Crippen LogP contribution >= 0.6 is 0 Å². The van der Waals surface area contributed by atoms with Crippen LogP contribution in [0, 0.1) is 0 Å². The van der Waals surface area contributed by atoms with E-state index in [1.165, 1.54) is 18.4 Å². The second kappa shape index (κ2) is 11.7. The standard InChI is InChI=1S/C26H40N8O/c1-5-8-11-28-25-24-21(31-26(27)32-25)16-30-34(24)17-22-23(35-4)14-19(15-29-22)18-9-12-33(13-10-18)20(6-2)7-3/h14-16,18,20H,5-13,17H2,1-4H3,(H3,27,28,31,32). The number of aromatic nitrogens is 5. The molecule has 1 saturated heterocycles. The lowest BCUT2D eigenvalue weighted by Gasteiger charge is -2.37. The number of nitrogens with zero attached hydrogens (tertiary/aromatic N) is 6. The third-order valence-electron chi connectivity index (χ3n) is 7.26. The van der Waals surface area contributed by atoms with Crippen LogP contribution in [0.2, 0.25) is 0 Å². The van der Waals surface area contributed by atoms with Crippen LogP contribution in [0.4, 0.5) is 11.8 Å². The number of unbranched alkanes of at least 4 members (excludes halogenated alkanes) is 1. The zero-order valence-electron chi connectivity index (χ0n) is 21.6. The maximum absolute atomic E-state index is 5.93. The van der Waals surface area contributed by atoms with Gasteiger partial charge in [-0.15, -0.1) is 0 Å². The monoisotopic (exact) mass is 480 g/mol. The van der Waals surface area contributed by atoms with Crippen LogP contribution in [0.1, 0.15) is 76.5 Å². The number of anilines is 2. The average Bonchev–Trinajstić information content (AvgIpc) is 3.28. The molecule has 0 amide bonds. The highest BCUT2D eigenvalue weighted by Crippen LogP contribution is 2.32. The van der Waals surface area contributed by atoms with Crippen molar-refractivity contribution in [2.45, 2.75) is 77.8 Å². The first kappa shape index (κ1) is 25.2. The molecule has 0 spiro atoms. The number of likely N-dealkylation sites (tertiary alicyclic amines) is 1. The van der Waals surface area contributed by atoms with Gasteiger partial charge in [0.05, 0.1) is 19.9 Å². The molecule has 0 bridgehead atoms. The predicted molar refractivity (Wildman–Crippen MR) is 141 cm³/mol. The quantitative estimate of drug-likeness (QED) is 0.388. The van der Waals surface area contributed by atoms with Crippen LogP contribution in [0.3, 0.4) is 0 Å². The number of nitrogens with two attached hydrogens (primary N) is 1. The fourth-order valence-corrected chi connectivity index (χ4v) is 5.20. The zero-order valence-corrected chi connectivity index (χ0v) is 21.6. The second-order valence-electron chi connectivity index (χ2n) is 9.44. The molecule has 1 aliphatic heterocycles. The minimum atomic E-state index is 0.242. The Balaban J connectivity index is 1.53. The molecule has 0 unspecified atom stereocenters. The maximum atomic E-state index is 5.93. The zero-order chi connectivity index (χ0) is 24.8. The molecule has 1 aliphatic rings. The largest absolute Gasteiger partial charge is 0.495 e. The first-order valence-corrected chi connectivity index (χ1v) is 13.1. The lowest BCUT2D eigenvalue weighted by molar-refractivity contribution is 0.144. The number of hydrogen-bond donors (Lipinski definition) is 2. The number of ether oxygens (including phenoxy) is 1. The Bertz CT molecular complexity index is 1100. The second-order valence-corrected chi connectivity index (χ2v) is 9.44. The summed E-state index contributed by atoms with van der Waals surface area (Å²) in [5, 5.41) is 7.96. The van der Waals surface area contributed by atoms with E-state index in [0.29, 0.717) is 24.3 Å². The SMILES string of the molecule is CCCCNc1nc(N)nc2cnn(Cc3ncc(C4CCN(C(CC)CC)CC4)cc3OC)c12. The van der Waals surface area contributed by atoms with Crippen molar-refractivity contribution in [3.05, 3.63) is 29.7 Å². The molecule has 0 aliphatic carbocycles. The van der Waals surface area contributed by atoms with Gasteiger partial charge in [-0.1, -0.05) is 27.2 Å². The average molecular weight is 481 g/mol. The molecule has 9 nitrogen and oxygen atoms in total. The van der Waals surface area contributed by atoms with E-state index >= 15 is 0 Å². The molecule has 9 heteroatoms. The van der Waals surface area contributed by atoms with Crippen LogP contribution in [-0.4, -0.2) is 62.4 Å². The van der Waals surface area contributed by atoms with Crippen molar-refractivity contribution in [3.8, 4) is 5.75 Å². The lowest BCUT2D eigenvalue weighted by Crippen LogP contribution is -2.40. The Morgan fingerprint density at radius 2 is 1.91 bits per heavy atom. The fourth-order valence-electron chi connectivity index (χ4n) is 5.20. The summed E-state index contributed by atoms with van der Waals surface area (Å²) in [5.41, 5.74) is 9.58. The smallest absolute Gasteiger partial charge is 0.222 e. The summed E-state index contributed by atoms with van der Waals surface area (Å²) < 4.78 is 7.66. The number of nitrogen functional groups attached to an aromatic ring is 1. The number of pyridine rings is 1. The van der Waals surface area contributed by atoms with Gasteiger partial charge in [-0.3, -0.25) is 9.67 Å². The molecule has 0 saturated carbocycles. The molecular weight excluding hydrogens is 440 g/mol. The molecule has 4 rings (SSSR count). The van der Waals surface area contributed by atoms with E-state index in [1.54, 1.807) is 13.3 Å². The Morgan fingerprint density at radius 3 is 2.60 bits per heavy atom. The third kappa shape index (κ3) is 5.66. The highest BCUT2D eigenvalue weighted by molar-refractivity contribution is 5.86. The molecule has 1 fully saturated rings. The third-order valence-corrected chi connectivity index (χ3v) is 7.26. The molecule has 4 heterocycles. The van der Waals surface area contributed by atoms with Crippen LogP contribution < -0.4 is 15.8 Å². The van der Waals surface area contributed by atoms with Gasteiger partial charge in [0, 0.05) is 18.8 Å². The number of fused-ring (bicyclic) bond motifs is 1. The van der Waals surface area contributed by atoms with Gasteiger partial charge in [0.1, 0.15) is 22.5 Å². The van der Waals surface area contributed by atoms with E-state index in [9.17, 15) is 0 Å². The molecule has 0 radical (unpaired) electrons. The summed E-state index contributed by atoms with van der Waals surface area (Å²) in [7, 11) is 1.71. The van der Waals surface area contributed by atoms with E-state index in [-0.39, 0.29) is 5.95 Å². The van der Waals surface area contributed by atoms with Gasteiger partial charge in [0.25, 0.3) is 0 Å². The number of rotatable bonds is 11. The van der Waals surface area contributed by atoms with E-state index in [0.717, 1.165) is 67.8 Å². The first-order valence-electron chi connectivity index (χ1n) is 13.1. The topological polar surface area (TPSA) is 107 Å². The molecular formula is C26H40N8O. The van der Waals surface area contributed by atoms with E-state index in [4.69, 9.17) is 15.5 Å². The maximum Gasteiger partial charge on any atom is 0.222 e. The molecule has 3 aromatic rings. The summed E-state index contributed by atoms with van der Waals surface area (Å²) in [5.74, 6) is 2.27. The van der Waals surface area contributed by atoms with E-state index in [2.05, 4.69) is 52.1 Å². The molecule has 3 aromatic heterocycles. The Hall–Kier alpha value is -2.94. The Labute approximate surface area is 208 Å². The van der Waals surface area contributed by atoms with Crippen LogP contribution in [0.25, 0.3) is 11.0 Å². The number of hydrogen-bond acceptors (Lipinski definition) is 8. The Kier molecular flexibility index (Phi) is 8.38. The van der Waals surface area contributed by atoms with Gasteiger partial charge in [0.2, 0.25) is 5.95 Å². The highest BCUT2D eigenvalue weighted by atomic mass is 16.5. The van der Waals surface area contributed by atoms with Crippen molar-refractivity contribution in [3.63, 3.8) is 0 Å². The van der Waals surface area contributed by atoms with Crippen LogP contribution in [0.15, 0.2) is 18.5 Å². The fraction of sp³-hybridized carbons (Fsp3) is 0.615. The van der Waals surface area contributed by atoms with E-state index < -0.39 is 0 Å². The number of piperidine rings is 1. The van der Waals surface area contributed by atoms with Gasteiger partial charge < -0.3 is 20.7 Å². The van der Waals surface area contributed by atoms with Gasteiger partial charge in [0.15, 0.2) is 5.82 Å². The summed E-state index contributed by atoms with van der Waals surface area (Å²) in [6.07, 6.45) is 10.7. The summed E-state index contributed by atoms with van der Waals surface area (Å²) >= 11 is 0. The number of nitrogens with one attached hydrogen (secondary N) is 1.